The van der Waals surface area contributed by atoms with Crippen LogP contribution in [0.1, 0.15) is 42.5 Å². The Labute approximate surface area is 195 Å². The van der Waals surface area contributed by atoms with Crippen molar-refractivity contribution in [2.75, 3.05) is 46.0 Å². The van der Waals surface area contributed by atoms with Gasteiger partial charge in [0.05, 0.1) is 23.7 Å². The zero-order valence-electron chi connectivity index (χ0n) is 18.9. The lowest BCUT2D eigenvalue weighted by atomic mass is 9.79. The number of carbonyl (C=O) groups excluding carboxylic acids is 2. The predicted molar refractivity (Wildman–Crippen MR) is 123 cm³/mol. The molecule has 182 valence electrons. The van der Waals surface area contributed by atoms with Crippen molar-refractivity contribution in [1.29, 1.82) is 0 Å². The third kappa shape index (κ3) is 6.86. The molecule has 1 aromatic carbocycles. The molecule has 0 radical (unpaired) electrons. The van der Waals surface area contributed by atoms with Gasteiger partial charge >= 0.3 is 5.97 Å². The fourth-order valence-electron chi connectivity index (χ4n) is 4.40. The smallest absolute Gasteiger partial charge is 0.338 e. The first-order valence-electron chi connectivity index (χ1n) is 11.3. The highest BCUT2D eigenvalue weighted by Crippen LogP contribution is 2.33. The molecular formula is C23H33N3O6S. The van der Waals surface area contributed by atoms with E-state index in [1.54, 1.807) is 0 Å². The number of esters is 1. The molecule has 0 spiro atoms. The lowest BCUT2D eigenvalue weighted by molar-refractivity contribution is -0.125. The molecule has 10 heteroatoms. The van der Waals surface area contributed by atoms with E-state index in [-0.39, 0.29) is 35.1 Å². The van der Waals surface area contributed by atoms with Gasteiger partial charge in [-0.3, -0.25) is 9.69 Å². The third-order valence-corrected chi connectivity index (χ3v) is 7.67. The van der Waals surface area contributed by atoms with Crippen LogP contribution < -0.4 is 10.0 Å². The van der Waals surface area contributed by atoms with Gasteiger partial charge in [-0.2, -0.15) is 0 Å². The molecule has 1 saturated heterocycles. The number of hydrogen-bond donors (Lipinski definition) is 2. The van der Waals surface area contributed by atoms with Crippen LogP contribution in [-0.4, -0.2) is 76.7 Å². The molecule has 1 amide bonds. The zero-order valence-corrected chi connectivity index (χ0v) is 19.7. The molecule has 33 heavy (non-hydrogen) atoms. The van der Waals surface area contributed by atoms with E-state index >= 15 is 0 Å². The fraction of sp³-hybridized carbons (Fsp3) is 0.565. The molecule has 0 unspecified atom stereocenters. The molecule has 2 aliphatic rings. The molecule has 3 rings (SSSR count). The Morgan fingerprint density at radius 3 is 2.42 bits per heavy atom. The van der Waals surface area contributed by atoms with Crippen molar-refractivity contribution in [3.05, 3.63) is 42.5 Å². The Morgan fingerprint density at radius 2 is 1.79 bits per heavy atom. The molecule has 2 N–H and O–H groups in total. The monoisotopic (exact) mass is 479 g/mol. The number of nitrogens with zero attached hydrogens (tertiary/aromatic N) is 1. The number of nitrogens with one attached hydrogen (secondary N) is 2. The van der Waals surface area contributed by atoms with Gasteiger partial charge in [-0.25, -0.2) is 17.9 Å². The van der Waals surface area contributed by atoms with Gasteiger partial charge in [0.2, 0.25) is 10.0 Å². The van der Waals surface area contributed by atoms with Gasteiger partial charge in [0, 0.05) is 31.7 Å². The van der Waals surface area contributed by atoms with Crippen LogP contribution in [0.5, 0.6) is 0 Å². The second kappa shape index (κ2) is 11.7. The molecule has 2 fully saturated rings. The summed E-state index contributed by atoms with van der Waals surface area (Å²) in [5.41, 5.74) is 0.102. The van der Waals surface area contributed by atoms with Gasteiger partial charge < -0.3 is 14.8 Å². The van der Waals surface area contributed by atoms with Gasteiger partial charge in [-0.05, 0) is 37.1 Å². The van der Waals surface area contributed by atoms with Crippen molar-refractivity contribution in [2.45, 2.75) is 42.5 Å². The van der Waals surface area contributed by atoms with E-state index in [0.717, 1.165) is 38.8 Å². The van der Waals surface area contributed by atoms with Gasteiger partial charge in [-0.1, -0.05) is 25.3 Å². The van der Waals surface area contributed by atoms with Crippen LogP contribution in [0.15, 0.2) is 41.8 Å². The van der Waals surface area contributed by atoms with E-state index in [1.165, 1.54) is 36.8 Å². The molecule has 0 aromatic heterocycles. The summed E-state index contributed by atoms with van der Waals surface area (Å²) in [5, 5.41) is 2.95. The standard InChI is InChI=1S/C23H33N3O6S/c1-2-12-25-33(29,30)20-8-6-19(7-9-20)22(28)32-17-21(27)24-18-23(10-4-3-5-11-23)26-13-15-31-16-14-26/h2,6-9,25H,1,3-5,10-18H2,(H,24,27). The first-order chi connectivity index (χ1) is 15.9. The third-order valence-electron chi connectivity index (χ3n) is 6.23. The first-order valence-corrected chi connectivity index (χ1v) is 12.8. The van der Waals surface area contributed by atoms with Crippen molar-refractivity contribution in [3.8, 4) is 0 Å². The quantitative estimate of drug-likeness (QED) is 0.386. The summed E-state index contributed by atoms with van der Waals surface area (Å²) in [4.78, 5) is 27.2. The highest BCUT2D eigenvalue weighted by molar-refractivity contribution is 7.89. The number of carbonyl (C=O) groups is 2. The summed E-state index contributed by atoms with van der Waals surface area (Å²) < 4.78 is 37.2. The summed E-state index contributed by atoms with van der Waals surface area (Å²) >= 11 is 0. The number of sulfonamides is 1. The molecule has 1 aliphatic heterocycles. The molecule has 0 bridgehead atoms. The SMILES string of the molecule is C=CCNS(=O)(=O)c1ccc(C(=O)OCC(=O)NCC2(N3CCOCC3)CCCCC2)cc1. The van der Waals surface area contributed by atoms with E-state index in [2.05, 4.69) is 21.5 Å². The average Bonchev–Trinajstić information content (AvgIpc) is 2.86. The van der Waals surface area contributed by atoms with Crippen molar-refractivity contribution in [1.82, 2.24) is 14.9 Å². The molecule has 1 saturated carbocycles. The van der Waals surface area contributed by atoms with Gasteiger partial charge in [0.25, 0.3) is 5.91 Å². The lowest BCUT2D eigenvalue weighted by Crippen LogP contribution is -2.59. The summed E-state index contributed by atoms with van der Waals surface area (Å²) in [5.74, 6) is -1.04. The van der Waals surface area contributed by atoms with E-state index in [4.69, 9.17) is 9.47 Å². The van der Waals surface area contributed by atoms with Crippen LogP contribution in [0, 0.1) is 0 Å². The van der Waals surface area contributed by atoms with Gasteiger partial charge in [0.15, 0.2) is 6.61 Å². The van der Waals surface area contributed by atoms with Gasteiger partial charge in [0.1, 0.15) is 0 Å². The highest BCUT2D eigenvalue weighted by atomic mass is 32.2. The minimum Gasteiger partial charge on any atom is -0.452 e. The van der Waals surface area contributed by atoms with Crippen LogP contribution in [0.4, 0.5) is 0 Å². The summed E-state index contributed by atoms with van der Waals surface area (Å²) in [6.07, 6.45) is 6.98. The Balaban J connectivity index is 1.50. The molecule has 1 heterocycles. The van der Waals surface area contributed by atoms with E-state index in [1.807, 2.05) is 0 Å². The Hall–Kier alpha value is -2.27. The fourth-order valence-corrected chi connectivity index (χ4v) is 5.40. The van der Waals surface area contributed by atoms with Crippen molar-refractivity contribution < 1.29 is 27.5 Å². The topological polar surface area (TPSA) is 114 Å². The number of hydrogen-bond acceptors (Lipinski definition) is 7. The number of benzene rings is 1. The maximum absolute atomic E-state index is 12.4. The van der Waals surface area contributed by atoms with Crippen LogP contribution in [0.3, 0.4) is 0 Å². The second-order valence-electron chi connectivity index (χ2n) is 8.40. The minimum atomic E-state index is -3.67. The number of rotatable bonds is 10. The van der Waals surface area contributed by atoms with Crippen molar-refractivity contribution in [3.63, 3.8) is 0 Å². The summed E-state index contributed by atoms with van der Waals surface area (Å²) in [7, 11) is -3.67. The number of amides is 1. The van der Waals surface area contributed by atoms with Gasteiger partial charge in [-0.15, -0.1) is 6.58 Å². The Bertz CT molecular complexity index is 920. The Kier molecular flexibility index (Phi) is 9.02. The largest absolute Gasteiger partial charge is 0.452 e. The molecule has 1 aliphatic carbocycles. The minimum absolute atomic E-state index is 0.0273. The first kappa shape index (κ1) is 25.4. The average molecular weight is 480 g/mol. The molecule has 9 nitrogen and oxygen atoms in total. The van der Waals surface area contributed by atoms with E-state index in [0.29, 0.717) is 19.8 Å². The van der Waals surface area contributed by atoms with Crippen LogP contribution in [-0.2, 0) is 24.3 Å². The molecular weight excluding hydrogens is 446 g/mol. The predicted octanol–water partition coefficient (Wildman–Crippen LogP) is 1.46. The van der Waals surface area contributed by atoms with Crippen molar-refractivity contribution >= 4 is 21.9 Å². The summed E-state index contributed by atoms with van der Waals surface area (Å²) in [6.45, 7) is 6.84. The normalized spacial score (nSPS) is 18.9. The van der Waals surface area contributed by atoms with Crippen LogP contribution in [0.2, 0.25) is 0 Å². The summed E-state index contributed by atoms with van der Waals surface area (Å²) in [6, 6.07) is 5.35. The molecule has 1 aromatic rings. The van der Waals surface area contributed by atoms with E-state index < -0.39 is 16.0 Å². The lowest BCUT2D eigenvalue weighted by Gasteiger charge is -2.48. The maximum Gasteiger partial charge on any atom is 0.338 e. The molecule has 0 atom stereocenters. The number of morpholine rings is 1. The van der Waals surface area contributed by atoms with E-state index in [9.17, 15) is 18.0 Å². The zero-order chi connectivity index (χ0) is 23.7. The van der Waals surface area contributed by atoms with Crippen LogP contribution >= 0.6 is 0 Å². The van der Waals surface area contributed by atoms with Crippen LogP contribution in [0.25, 0.3) is 0 Å². The van der Waals surface area contributed by atoms with Crippen molar-refractivity contribution in [2.24, 2.45) is 0 Å². The maximum atomic E-state index is 12.4. The number of ether oxygens (including phenoxy) is 2. The highest BCUT2D eigenvalue weighted by Gasteiger charge is 2.38. The Morgan fingerprint density at radius 1 is 1.12 bits per heavy atom. The second-order valence-corrected chi connectivity index (χ2v) is 10.2.